The first-order valence-corrected chi connectivity index (χ1v) is 5.14. The summed E-state index contributed by atoms with van der Waals surface area (Å²) in [4.78, 5) is 0. The SMILES string of the molecule is CC(C)N([O-])CC1CCCCC1. The molecule has 0 bridgehead atoms. The Bertz CT molecular complexity index is 119. The maximum atomic E-state index is 11.3. The number of nitrogens with zero attached hydrogens (tertiary/aromatic N) is 1. The van der Waals surface area contributed by atoms with E-state index in [1.807, 2.05) is 13.8 Å². The molecule has 1 aliphatic rings. The molecule has 1 saturated carbocycles. The van der Waals surface area contributed by atoms with E-state index in [-0.39, 0.29) is 6.04 Å². The molecule has 0 amide bonds. The van der Waals surface area contributed by atoms with Gasteiger partial charge in [-0.15, -0.1) is 0 Å². The molecule has 2 heteroatoms. The van der Waals surface area contributed by atoms with E-state index in [1.54, 1.807) is 0 Å². The monoisotopic (exact) mass is 170 g/mol. The maximum Gasteiger partial charge on any atom is -0.00838 e. The fourth-order valence-corrected chi connectivity index (χ4v) is 1.84. The Hall–Kier alpha value is -0.0800. The Morgan fingerprint density at radius 3 is 2.33 bits per heavy atom. The van der Waals surface area contributed by atoms with E-state index >= 15 is 0 Å². The normalized spacial score (nSPS) is 20.8. The molecular weight excluding hydrogens is 150 g/mol. The van der Waals surface area contributed by atoms with Crippen LogP contribution in [0.3, 0.4) is 0 Å². The van der Waals surface area contributed by atoms with Gasteiger partial charge in [0.25, 0.3) is 0 Å². The molecule has 0 N–H and O–H groups in total. The Morgan fingerprint density at radius 1 is 1.25 bits per heavy atom. The van der Waals surface area contributed by atoms with Gasteiger partial charge in [0.15, 0.2) is 0 Å². The summed E-state index contributed by atoms with van der Waals surface area (Å²) in [6.45, 7) is 4.70. The molecule has 0 aliphatic heterocycles. The summed E-state index contributed by atoms with van der Waals surface area (Å²) in [6, 6.07) is 0.159. The molecule has 1 aliphatic carbocycles. The minimum absolute atomic E-state index is 0.159. The van der Waals surface area contributed by atoms with Gasteiger partial charge in [0.1, 0.15) is 0 Å². The summed E-state index contributed by atoms with van der Waals surface area (Å²) in [5.41, 5.74) is 0. The van der Waals surface area contributed by atoms with Crippen LogP contribution in [0.4, 0.5) is 0 Å². The minimum atomic E-state index is 0.159. The van der Waals surface area contributed by atoms with Crippen molar-refractivity contribution in [3.63, 3.8) is 0 Å². The van der Waals surface area contributed by atoms with Gasteiger partial charge in [-0.3, -0.25) is 0 Å². The summed E-state index contributed by atoms with van der Waals surface area (Å²) in [5.74, 6) is 0.679. The predicted molar refractivity (Wildman–Crippen MR) is 51.8 cm³/mol. The number of hydrogen-bond donors (Lipinski definition) is 0. The molecule has 0 spiro atoms. The highest BCUT2D eigenvalue weighted by molar-refractivity contribution is 4.72. The third-order valence-electron chi connectivity index (χ3n) is 2.74. The van der Waals surface area contributed by atoms with Crippen molar-refractivity contribution in [2.75, 3.05) is 6.54 Å². The summed E-state index contributed by atoms with van der Waals surface area (Å²) < 4.78 is 0. The van der Waals surface area contributed by atoms with E-state index in [1.165, 1.54) is 37.2 Å². The van der Waals surface area contributed by atoms with Gasteiger partial charge in [-0.05, 0) is 31.3 Å². The van der Waals surface area contributed by atoms with Crippen LogP contribution in [0.1, 0.15) is 46.0 Å². The second-order valence-corrected chi connectivity index (χ2v) is 4.20. The lowest BCUT2D eigenvalue weighted by Crippen LogP contribution is -2.30. The van der Waals surface area contributed by atoms with Crippen LogP contribution in [0.2, 0.25) is 0 Å². The van der Waals surface area contributed by atoms with Crippen LogP contribution in [0.5, 0.6) is 0 Å². The average molecular weight is 170 g/mol. The third kappa shape index (κ3) is 3.11. The molecule has 1 fully saturated rings. The van der Waals surface area contributed by atoms with Gasteiger partial charge in [0.05, 0.1) is 0 Å². The van der Waals surface area contributed by atoms with Gasteiger partial charge in [0, 0.05) is 0 Å². The van der Waals surface area contributed by atoms with Crippen molar-refractivity contribution < 1.29 is 0 Å². The van der Waals surface area contributed by atoms with Gasteiger partial charge in [0.2, 0.25) is 0 Å². The molecule has 0 atom stereocenters. The molecule has 1 rings (SSSR count). The zero-order chi connectivity index (χ0) is 8.97. The molecule has 0 aromatic heterocycles. The predicted octanol–water partition coefficient (Wildman–Crippen LogP) is 2.77. The molecule has 72 valence electrons. The average Bonchev–Trinajstić information content (AvgIpc) is 2.06. The first-order chi connectivity index (χ1) is 5.70. The lowest BCUT2D eigenvalue weighted by Gasteiger charge is -2.37. The van der Waals surface area contributed by atoms with Gasteiger partial charge in [-0.25, -0.2) is 0 Å². The lowest BCUT2D eigenvalue weighted by molar-refractivity contribution is 0.224. The van der Waals surface area contributed by atoms with E-state index in [2.05, 4.69) is 0 Å². The highest BCUT2D eigenvalue weighted by Gasteiger charge is 2.14. The summed E-state index contributed by atoms with van der Waals surface area (Å²) in [6.07, 6.45) is 6.57. The molecule has 0 radical (unpaired) electrons. The van der Waals surface area contributed by atoms with Crippen molar-refractivity contribution in [1.82, 2.24) is 5.06 Å². The Labute approximate surface area is 75.5 Å². The molecule has 0 unspecified atom stereocenters. The van der Waals surface area contributed by atoms with Crippen molar-refractivity contribution in [2.45, 2.75) is 52.0 Å². The highest BCUT2D eigenvalue weighted by atomic mass is 16.5. The van der Waals surface area contributed by atoms with Gasteiger partial charge >= 0.3 is 0 Å². The first-order valence-electron chi connectivity index (χ1n) is 5.14. The Balaban J connectivity index is 2.20. The molecule has 0 saturated heterocycles. The van der Waals surface area contributed by atoms with Crippen LogP contribution >= 0.6 is 0 Å². The van der Waals surface area contributed by atoms with Crippen molar-refractivity contribution in [3.8, 4) is 0 Å². The van der Waals surface area contributed by atoms with Crippen molar-refractivity contribution in [3.05, 3.63) is 5.21 Å². The van der Waals surface area contributed by atoms with Crippen LogP contribution in [-0.4, -0.2) is 17.6 Å². The van der Waals surface area contributed by atoms with Crippen LogP contribution in [-0.2, 0) is 0 Å². The van der Waals surface area contributed by atoms with Crippen molar-refractivity contribution in [2.24, 2.45) is 5.92 Å². The Kier molecular flexibility index (Phi) is 4.02. The molecule has 0 aromatic rings. The highest BCUT2D eigenvalue weighted by Crippen LogP contribution is 2.24. The van der Waals surface area contributed by atoms with Gasteiger partial charge in [-0.2, -0.15) is 0 Å². The Morgan fingerprint density at radius 2 is 1.83 bits per heavy atom. The molecule has 0 heterocycles. The quantitative estimate of drug-likeness (QED) is 0.609. The fourth-order valence-electron chi connectivity index (χ4n) is 1.84. The summed E-state index contributed by atoms with van der Waals surface area (Å²) in [7, 11) is 0. The van der Waals surface area contributed by atoms with Crippen molar-refractivity contribution in [1.29, 1.82) is 0 Å². The number of hydroxylamine groups is 2. The second-order valence-electron chi connectivity index (χ2n) is 4.20. The van der Waals surface area contributed by atoms with E-state index < -0.39 is 0 Å². The molecule has 0 aromatic carbocycles. The zero-order valence-corrected chi connectivity index (χ0v) is 8.25. The fraction of sp³-hybridized carbons (Fsp3) is 1.00. The number of hydrogen-bond acceptors (Lipinski definition) is 2. The molecule has 12 heavy (non-hydrogen) atoms. The number of rotatable bonds is 3. The summed E-state index contributed by atoms with van der Waals surface area (Å²) >= 11 is 0. The zero-order valence-electron chi connectivity index (χ0n) is 8.25. The van der Waals surface area contributed by atoms with E-state index in [9.17, 15) is 5.21 Å². The maximum absolute atomic E-state index is 11.3. The standard InChI is InChI=1S/C10H20NO/c1-9(2)11(12)8-10-6-4-3-5-7-10/h9-10H,3-8H2,1-2H3/q-1. The van der Waals surface area contributed by atoms with E-state index in [0.29, 0.717) is 5.92 Å². The van der Waals surface area contributed by atoms with Crippen LogP contribution < -0.4 is 0 Å². The van der Waals surface area contributed by atoms with Crippen LogP contribution in [0.15, 0.2) is 0 Å². The molecule has 2 nitrogen and oxygen atoms in total. The molecular formula is C10H20NO-. The third-order valence-corrected chi connectivity index (χ3v) is 2.74. The lowest BCUT2D eigenvalue weighted by atomic mass is 9.89. The van der Waals surface area contributed by atoms with Gasteiger partial charge in [-0.1, -0.05) is 33.1 Å². The van der Waals surface area contributed by atoms with Crippen LogP contribution in [0, 0.1) is 11.1 Å². The second kappa shape index (κ2) is 4.83. The first kappa shape index (κ1) is 10.0. The summed E-state index contributed by atoms with van der Waals surface area (Å²) in [5, 5.41) is 12.6. The topological polar surface area (TPSA) is 26.3 Å². The van der Waals surface area contributed by atoms with Crippen LogP contribution in [0.25, 0.3) is 0 Å². The smallest absolute Gasteiger partial charge is 0.00838 e. The van der Waals surface area contributed by atoms with E-state index in [4.69, 9.17) is 0 Å². The largest absolute Gasteiger partial charge is 0.785 e. The van der Waals surface area contributed by atoms with Gasteiger partial charge < -0.3 is 10.3 Å². The van der Waals surface area contributed by atoms with E-state index in [0.717, 1.165) is 6.54 Å². The van der Waals surface area contributed by atoms with Crippen molar-refractivity contribution >= 4 is 0 Å². The minimum Gasteiger partial charge on any atom is -0.785 e.